The summed E-state index contributed by atoms with van der Waals surface area (Å²) in [4.78, 5) is 13.5. The zero-order valence-electron chi connectivity index (χ0n) is 11.0. The SMILES string of the molecule is COCCCN(C)C(=O)c1cccc(S(N)(=O)=O)c1. The minimum atomic E-state index is -3.80. The Hall–Kier alpha value is -1.44. The molecular weight excluding hydrogens is 268 g/mol. The number of carbonyl (C=O) groups excluding carboxylic acids is 1. The van der Waals surface area contributed by atoms with Crippen LogP contribution in [0.2, 0.25) is 0 Å². The lowest BCUT2D eigenvalue weighted by atomic mass is 10.2. The fraction of sp³-hybridized carbons (Fsp3) is 0.417. The third-order valence-corrected chi connectivity index (χ3v) is 3.51. The molecule has 0 aliphatic carbocycles. The van der Waals surface area contributed by atoms with Crippen molar-refractivity contribution in [2.75, 3.05) is 27.3 Å². The van der Waals surface area contributed by atoms with Gasteiger partial charge in [-0.3, -0.25) is 4.79 Å². The van der Waals surface area contributed by atoms with Gasteiger partial charge in [-0.15, -0.1) is 0 Å². The summed E-state index contributed by atoms with van der Waals surface area (Å²) in [7, 11) is -0.547. The van der Waals surface area contributed by atoms with Crippen molar-refractivity contribution in [3.05, 3.63) is 29.8 Å². The molecule has 1 aromatic rings. The second kappa shape index (κ2) is 6.65. The number of hydrogen-bond acceptors (Lipinski definition) is 4. The average Bonchev–Trinajstić information content (AvgIpc) is 2.37. The topological polar surface area (TPSA) is 89.7 Å². The Bertz CT molecular complexity index is 542. The monoisotopic (exact) mass is 286 g/mol. The maximum atomic E-state index is 12.1. The Morgan fingerprint density at radius 1 is 1.42 bits per heavy atom. The van der Waals surface area contributed by atoms with E-state index in [-0.39, 0.29) is 10.8 Å². The second-order valence-corrected chi connectivity index (χ2v) is 5.71. The van der Waals surface area contributed by atoms with E-state index >= 15 is 0 Å². The number of carbonyl (C=O) groups is 1. The molecule has 0 fully saturated rings. The standard InChI is InChI=1S/C12H18N2O4S/c1-14(7-4-8-18-2)12(15)10-5-3-6-11(9-10)19(13,16)17/h3,5-6,9H,4,7-8H2,1-2H3,(H2,13,16,17). The molecule has 0 bridgehead atoms. The number of primary sulfonamides is 1. The van der Waals surface area contributed by atoms with Gasteiger partial charge in [-0.05, 0) is 24.6 Å². The summed E-state index contributed by atoms with van der Waals surface area (Å²) < 4.78 is 27.4. The average molecular weight is 286 g/mol. The molecule has 0 saturated heterocycles. The molecule has 1 amide bonds. The first kappa shape index (κ1) is 15.6. The summed E-state index contributed by atoms with van der Waals surface area (Å²) >= 11 is 0. The molecule has 0 aromatic heterocycles. The van der Waals surface area contributed by atoms with Crippen molar-refractivity contribution in [1.29, 1.82) is 0 Å². The lowest BCUT2D eigenvalue weighted by Gasteiger charge is -2.17. The summed E-state index contributed by atoms with van der Waals surface area (Å²) in [5, 5.41) is 5.03. The molecule has 19 heavy (non-hydrogen) atoms. The number of nitrogens with zero attached hydrogens (tertiary/aromatic N) is 1. The van der Waals surface area contributed by atoms with Crippen LogP contribution in [0.25, 0.3) is 0 Å². The molecule has 1 aromatic carbocycles. The van der Waals surface area contributed by atoms with Crippen LogP contribution in [0.4, 0.5) is 0 Å². The van der Waals surface area contributed by atoms with Gasteiger partial charge in [0.25, 0.3) is 5.91 Å². The van der Waals surface area contributed by atoms with Gasteiger partial charge in [0.1, 0.15) is 0 Å². The summed E-state index contributed by atoms with van der Waals surface area (Å²) in [5.41, 5.74) is 0.298. The van der Waals surface area contributed by atoms with E-state index in [0.717, 1.165) is 0 Å². The van der Waals surface area contributed by atoms with E-state index in [9.17, 15) is 13.2 Å². The highest BCUT2D eigenvalue weighted by molar-refractivity contribution is 7.89. The van der Waals surface area contributed by atoms with Crippen LogP contribution in [-0.4, -0.2) is 46.5 Å². The normalized spacial score (nSPS) is 11.3. The lowest BCUT2D eigenvalue weighted by molar-refractivity contribution is 0.0779. The largest absolute Gasteiger partial charge is 0.385 e. The van der Waals surface area contributed by atoms with Crippen molar-refractivity contribution in [3.63, 3.8) is 0 Å². The van der Waals surface area contributed by atoms with Crippen LogP contribution >= 0.6 is 0 Å². The van der Waals surface area contributed by atoms with E-state index in [0.29, 0.717) is 25.1 Å². The summed E-state index contributed by atoms with van der Waals surface area (Å²) in [6, 6.07) is 5.70. The molecule has 0 aliphatic rings. The maximum Gasteiger partial charge on any atom is 0.253 e. The van der Waals surface area contributed by atoms with E-state index in [1.807, 2.05) is 0 Å². The molecule has 0 unspecified atom stereocenters. The smallest absolute Gasteiger partial charge is 0.253 e. The number of rotatable bonds is 6. The van der Waals surface area contributed by atoms with Gasteiger partial charge in [0, 0.05) is 32.9 Å². The Morgan fingerprint density at radius 2 is 2.11 bits per heavy atom. The minimum absolute atomic E-state index is 0.0661. The molecule has 0 saturated carbocycles. The molecule has 2 N–H and O–H groups in total. The van der Waals surface area contributed by atoms with Crippen molar-refractivity contribution in [2.24, 2.45) is 5.14 Å². The van der Waals surface area contributed by atoms with Crippen molar-refractivity contribution < 1.29 is 17.9 Å². The van der Waals surface area contributed by atoms with Crippen molar-refractivity contribution in [2.45, 2.75) is 11.3 Å². The van der Waals surface area contributed by atoms with Gasteiger partial charge in [-0.25, -0.2) is 13.6 Å². The van der Waals surface area contributed by atoms with Crippen molar-refractivity contribution in [3.8, 4) is 0 Å². The van der Waals surface area contributed by atoms with E-state index in [1.165, 1.54) is 23.1 Å². The van der Waals surface area contributed by atoms with Crippen molar-refractivity contribution >= 4 is 15.9 Å². The number of benzene rings is 1. The summed E-state index contributed by atoms with van der Waals surface area (Å²) in [6.45, 7) is 1.10. The number of sulfonamides is 1. The molecule has 7 heteroatoms. The van der Waals surface area contributed by atoms with Crippen LogP contribution < -0.4 is 5.14 Å². The Balaban J connectivity index is 2.82. The molecule has 0 aliphatic heterocycles. The van der Waals surface area contributed by atoms with E-state index in [1.54, 1.807) is 20.2 Å². The first-order valence-corrected chi connectivity index (χ1v) is 7.28. The predicted octanol–water partition coefficient (Wildman–Crippen LogP) is 0.443. The number of amides is 1. The van der Waals surface area contributed by atoms with E-state index < -0.39 is 10.0 Å². The first-order valence-electron chi connectivity index (χ1n) is 5.73. The van der Waals surface area contributed by atoms with Gasteiger partial charge in [-0.1, -0.05) is 6.07 Å². The highest BCUT2D eigenvalue weighted by Crippen LogP contribution is 2.11. The maximum absolute atomic E-state index is 12.1. The fourth-order valence-electron chi connectivity index (χ4n) is 1.57. The number of nitrogens with two attached hydrogens (primary N) is 1. The highest BCUT2D eigenvalue weighted by atomic mass is 32.2. The molecule has 6 nitrogen and oxygen atoms in total. The molecule has 0 heterocycles. The molecular formula is C12H18N2O4S. The van der Waals surface area contributed by atoms with Gasteiger partial charge < -0.3 is 9.64 Å². The number of ether oxygens (including phenoxy) is 1. The van der Waals surface area contributed by atoms with Crippen LogP contribution in [0.1, 0.15) is 16.8 Å². The minimum Gasteiger partial charge on any atom is -0.385 e. The predicted molar refractivity (Wildman–Crippen MR) is 71.3 cm³/mol. The molecule has 0 spiro atoms. The van der Waals surface area contributed by atoms with Gasteiger partial charge in [-0.2, -0.15) is 0 Å². The third-order valence-electron chi connectivity index (χ3n) is 2.60. The highest BCUT2D eigenvalue weighted by Gasteiger charge is 2.14. The molecule has 1 rings (SSSR count). The van der Waals surface area contributed by atoms with Crippen molar-refractivity contribution in [1.82, 2.24) is 4.90 Å². The van der Waals surface area contributed by atoms with Crippen LogP contribution in [0.15, 0.2) is 29.2 Å². The summed E-state index contributed by atoms with van der Waals surface area (Å²) in [5.74, 6) is -0.249. The Labute approximate surface area is 113 Å². The second-order valence-electron chi connectivity index (χ2n) is 4.15. The van der Waals surface area contributed by atoms with Gasteiger partial charge in [0.15, 0.2) is 0 Å². The first-order chi connectivity index (χ1) is 8.86. The molecule has 0 atom stereocenters. The Morgan fingerprint density at radius 3 is 2.68 bits per heavy atom. The number of hydrogen-bond donors (Lipinski definition) is 1. The summed E-state index contributed by atoms with van der Waals surface area (Å²) in [6.07, 6.45) is 0.716. The Kier molecular flexibility index (Phi) is 5.46. The van der Waals surface area contributed by atoms with Gasteiger partial charge >= 0.3 is 0 Å². The lowest BCUT2D eigenvalue weighted by Crippen LogP contribution is -2.28. The number of methoxy groups -OCH3 is 1. The van der Waals surface area contributed by atoms with Crippen LogP contribution in [-0.2, 0) is 14.8 Å². The fourth-order valence-corrected chi connectivity index (χ4v) is 2.13. The quantitative estimate of drug-likeness (QED) is 0.768. The van der Waals surface area contributed by atoms with Crippen LogP contribution in [0.5, 0.6) is 0 Å². The molecule has 106 valence electrons. The van der Waals surface area contributed by atoms with Crippen LogP contribution in [0.3, 0.4) is 0 Å². The zero-order chi connectivity index (χ0) is 14.5. The van der Waals surface area contributed by atoms with E-state index in [2.05, 4.69) is 0 Å². The third kappa shape index (κ3) is 4.62. The molecule has 0 radical (unpaired) electrons. The zero-order valence-corrected chi connectivity index (χ0v) is 11.8. The van der Waals surface area contributed by atoms with Crippen LogP contribution in [0, 0.1) is 0 Å². The van der Waals surface area contributed by atoms with Gasteiger partial charge in [0.2, 0.25) is 10.0 Å². The van der Waals surface area contributed by atoms with Gasteiger partial charge in [0.05, 0.1) is 4.90 Å². The van der Waals surface area contributed by atoms with E-state index in [4.69, 9.17) is 9.88 Å².